The molecule has 0 bridgehead atoms. The van der Waals surface area contributed by atoms with Gasteiger partial charge in [0.05, 0.1) is 6.20 Å². The molecule has 0 atom stereocenters. The van der Waals surface area contributed by atoms with E-state index < -0.39 is 17.6 Å². The van der Waals surface area contributed by atoms with Gasteiger partial charge < -0.3 is 5.11 Å². The standard InChI is InChI=1S/C9H5F2N3O2/c10-5-1-2-8(6(11)3-5)14-4-7(9(15)16)12-13-14/h1-4H,(H,15,16). The first-order chi connectivity index (χ1) is 7.58. The Balaban J connectivity index is 2.46. The van der Waals surface area contributed by atoms with Gasteiger partial charge in [-0.25, -0.2) is 18.3 Å². The first-order valence-corrected chi connectivity index (χ1v) is 4.19. The van der Waals surface area contributed by atoms with E-state index in [1.54, 1.807) is 0 Å². The van der Waals surface area contributed by atoms with Crippen molar-refractivity contribution in [1.29, 1.82) is 0 Å². The van der Waals surface area contributed by atoms with Crippen LogP contribution >= 0.6 is 0 Å². The van der Waals surface area contributed by atoms with Crippen LogP contribution < -0.4 is 0 Å². The third-order valence-electron chi connectivity index (χ3n) is 1.87. The summed E-state index contributed by atoms with van der Waals surface area (Å²) < 4.78 is 26.8. The smallest absolute Gasteiger partial charge is 0.358 e. The van der Waals surface area contributed by atoms with E-state index in [9.17, 15) is 13.6 Å². The summed E-state index contributed by atoms with van der Waals surface area (Å²) in [7, 11) is 0. The average molecular weight is 225 g/mol. The molecule has 0 aliphatic rings. The van der Waals surface area contributed by atoms with Gasteiger partial charge in [-0.15, -0.1) is 5.10 Å². The van der Waals surface area contributed by atoms with E-state index in [0.717, 1.165) is 23.0 Å². The van der Waals surface area contributed by atoms with Crippen molar-refractivity contribution in [3.05, 3.63) is 41.7 Å². The molecule has 7 heteroatoms. The maximum absolute atomic E-state index is 13.3. The molecule has 2 aromatic rings. The van der Waals surface area contributed by atoms with Crippen molar-refractivity contribution in [2.75, 3.05) is 0 Å². The minimum absolute atomic E-state index is 0.0681. The van der Waals surface area contributed by atoms with Crippen molar-refractivity contribution in [2.45, 2.75) is 0 Å². The predicted molar refractivity (Wildman–Crippen MR) is 48.2 cm³/mol. The molecule has 0 saturated heterocycles. The molecule has 0 aliphatic heterocycles. The topological polar surface area (TPSA) is 68.0 Å². The van der Waals surface area contributed by atoms with E-state index in [2.05, 4.69) is 10.3 Å². The van der Waals surface area contributed by atoms with E-state index >= 15 is 0 Å². The van der Waals surface area contributed by atoms with Crippen LogP contribution in [0.4, 0.5) is 8.78 Å². The number of hydrogen-bond acceptors (Lipinski definition) is 3. The molecule has 1 heterocycles. The van der Waals surface area contributed by atoms with E-state index in [-0.39, 0.29) is 11.4 Å². The molecule has 0 radical (unpaired) electrons. The maximum atomic E-state index is 13.3. The summed E-state index contributed by atoms with van der Waals surface area (Å²) in [5, 5.41) is 15.3. The highest BCUT2D eigenvalue weighted by atomic mass is 19.1. The van der Waals surface area contributed by atoms with Crippen LogP contribution in [-0.2, 0) is 0 Å². The summed E-state index contributed by atoms with van der Waals surface area (Å²) in [5.41, 5.74) is -0.384. The third kappa shape index (κ3) is 1.74. The van der Waals surface area contributed by atoms with Gasteiger partial charge in [-0.05, 0) is 12.1 Å². The average Bonchev–Trinajstić information content (AvgIpc) is 2.66. The summed E-state index contributed by atoms with van der Waals surface area (Å²) in [4.78, 5) is 10.5. The molecule has 0 fully saturated rings. The van der Waals surface area contributed by atoms with Crippen LogP contribution in [0.2, 0.25) is 0 Å². The first kappa shape index (κ1) is 10.2. The SMILES string of the molecule is O=C(O)c1cn(-c2ccc(F)cc2F)nn1. The lowest BCUT2D eigenvalue weighted by molar-refractivity contribution is 0.0690. The number of halogens is 2. The van der Waals surface area contributed by atoms with Gasteiger partial charge in [0, 0.05) is 6.07 Å². The van der Waals surface area contributed by atoms with Crippen LogP contribution in [0.15, 0.2) is 24.4 Å². The molecule has 5 nitrogen and oxygen atoms in total. The number of aromatic carboxylic acids is 1. The van der Waals surface area contributed by atoms with Crippen LogP contribution in [0.1, 0.15) is 10.5 Å². The van der Waals surface area contributed by atoms with Crippen LogP contribution in [0, 0.1) is 11.6 Å². The Hall–Kier alpha value is -2.31. The molecule has 2 rings (SSSR count). The number of nitrogens with zero attached hydrogens (tertiary/aromatic N) is 3. The van der Waals surface area contributed by atoms with E-state index in [1.807, 2.05) is 0 Å². The van der Waals surface area contributed by atoms with Gasteiger partial charge in [-0.2, -0.15) is 0 Å². The minimum atomic E-state index is -1.27. The summed E-state index contributed by atoms with van der Waals surface area (Å²) in [5.74, 6) is -2.84. The summed E-state index contributed by atoms with van der Waals surface area (Å²) >= 11 is 0. The van der Waals surface area contributed by atoms with E-state index in [4.69, 9.17) is 5.11 Å². The number of carboxylic acids is 1. The quantitative estimate of drug-likeness (QED) is 0.834. The van der Waals surface area contributed by atoms with Gasteiger partial charge in [-0.3, -0.25) is 0 Å². The van der Waals surface area contributed by atoms with Crippen molar-refractivity contribution in [3.8, 4) is 5.69 Å². The van der Waals surface area contributed by atoms with Crippen LogP contribution in [0.3, 0.4) is 0 Å². The molecule has 0 aliphatic carbocycles. The molecule has 0 amide bonds. The highest BCUT2D eigenvalue weighted by Crippen LogP contribution is 2.13. The summed E-state index contributed by atoms with van der Waals surface area (Å²) in [6.45, 7) is 0. The lowest BCUT2D eigenvalue weighted by Gasteiger charge is -2.00. The lowest BCUT2D eigenvalue weighted by atomic mass is 10.3. The normalized spacial score (nSPS) is 10.4. The zero-order valence-corrected chi connectivity index (χ0v) is 7.76. The molecule has 1 N–H and O–H groups in total. The zero-order valence-electron chi connectivity index (χ0n) is 7.76. The summed E-state index contributed by atoms with van der Waals surface area (Å²) in [6.07, 6.45) is 1.04. The van der Waals surface area contributed by atoms with E-state index in [0.29, 0.717) is 6.07 Å². The monoisotopic (exact) mass is 225 g/mol. The van der Waals surface area contributed by atoms with Crippen LogP contribution in [0.5, 0.6) is 0 Å². The van der Waals surface area contributed by atoms with Crippen molar-refractivity contribution in [3.63, 3.8) is 0 Å². The van der Waals surface area contributed by atoms with Crippen molar-refractivity contribution < 1.29 is 18.7 Å². The Morgan fingerprint density at radius 3 is 2.69 bits per heavy atom. The molecule has 16 heavy (non-hydrogen) atoms. The number of benzene rings is 1. The van der Waals surface area contributed by atoms with Crippen molar-refractivity contribution in [2.24, 2.45) is 0 Å². The molecule has 1 aromatic heterocycles. The highest BCUT2D eigenvalue weighted by Gasteiger charge is 2.12. The Labute approximate surface area is 87.9 Å². The van der Waals surface area contributed by atoms with Gasteiger partial charge in [0.25, 0.3) is 0 Å². The minimum Gasteiger partial charge on any atom is -0.476 e. The van der Waals surface area contributed by atoms with Gasteiger partial charge in [-0.1, -0.05) is 5.21 Å². The third-order valence-corrected chi connectivity index (χ3v) is 1.87. The van der Waals surface area contributed by atoms with E-state index in [1.165, 1.54) is 0 Å². The fourth-order valence-electron chi connectivity index (χ4n) is 1.15. The molecule has 1 aromatic carbocycles. The molecule has 0 unspecified atom stereocenters. The van der Waals surface area contributed by atoms with Crippen molar-refractivity contribution in [1.82, 2.24) is 15.0 Å². The van der Waals surface area contributed by atoms with Gasteiger partial charge in [0.1, 0.15) is 11.5 Å². The highest BCUT2D eigenvalue weighted by molar-refractivity contribution is 5.84. The number of carbonyl (C=O) groups is 1. The zero-order chi connectivity index (χ0) is 11.7. The molecule has 82 valence electrons. The van der Waals surface area contributed by atoms with Gasteiger partial charge in [0.15, 0.2) is 11.5 Å². The molecular weight excluding hydrogens is 220 g/mol. The molecule has 0 saturated carbocycles. The Bertz CT molecular complexity index is 553. The Kier molecular flexibility index (Phi) is 2.35. The second kappa shape index (κ2) is 3.69. The van der Waals surface area contributed by atoms with Crippen LogP contribution in [0.25, 0.3) is 5.69 Å². The van der Waals surface area contributed by atoms with Crippen LogP contribution in [-0.4, -0.2) is 26.1 Å². The fraction of sp³-hybridized carbons (Fsp3) is 0. The largest absolute Gasteiger partial charge is 0.476 e. The Morgan fingerprint density at radius 1 is 1.38 bits per heavy atom. The second-order valence-corrected chi connectivity index (χ2v) is 2.95. The fourth-order valence-corrected chi connectivity index (χ4v) is 1.15. The first-order valence-electron chi connectivity index (χ1n) is 4.19. The summed E-state index contributed by atoms with van der Waals surface area (Å²) in [6, 6.07) is 2.86. The molecular formula is C9H5F2N3O2. The Morgan fingerprint density at radius 2 is 2.12 bits per heavy atom. The lowest BCUT2D eigenvalue weighted by Crippen LogP contribution is -1.99. The number of aromatic nitrogens is 3. The number of carboxylic acid groups (broad SMARTS) is 1. The van der Waals surface area contributed by atoms with Crippen molar-refractivity contribution >= 4 is 5.97 Å². The maximum Gasteiger partial charge on any atom is 0.358 e. The second-order valence-electron chi connectivity index (χ2n) is 2.95. The van der Waals surface area contributed by atoms with Gasteiger partial charge >= 0.3 is 5.97 Å². The number of hydrogen-bond donors (Lipinski definition) is 1. The molecule has 0 spiro atoms. The van der Waals surface area contributed by atoms with Gasteiger partial charge in [0.2, 0.25) is 0 Å². The predicted octanol–water partition coefficient (Wildman–Crippen LogP) is 1.24. The number of rotatable bonds is 2.